The fraction of sp³-hybridized carbons (Fsp3) is 0.353. The molecule has 1 saturated carbocycles. The van der Waals surface area contributed by atoms with Gasteiger partial charge in [0.25, 0.3) is 0 Å². The molecule has 0 aliphatic heterocycles. The third-order valence-electron chi connectivity index (χ3n) is 4.07. The highest BCUT2D eigenvalue weighted by Crippen LogP contribution is 2.44. The number of halogens is 4. The number of hydrogen-bond acceptors (Lipinski definition) is 4. The van der Waals surface area contributed by atoms with Crippen LogP contribution in [0.25, 0.3) is 0 Å². The van der Waals surface area contributed by atoms with Crippen LogP contribution in [0.4, 0.5) is 18.9 Å². The van der Waals surface area contributed by atoms with Crippen molar-refractivity contribution in [1.29, 1.82) is 0 Å². The van der Waals surface area contributed by atoms with Gasteiger partial charge in [0.2, 0.25) is 10.0 Å². The van der Waals surface area contributed by atoms with Gasteiger partial charge in [-0.25, -0.2) is 8.42 Å². The molecule has 1 fully saturated rings. The summed E-state index contributed by atoms with van der Waals surface area (Å²) < 4.78 is 67.7. The minimum atomic E-state index is -4.85. The van der Waals surface area contributed by atoms with Crippen molar-refractivity contribution in [2.75, 3.05) is 10.6 Å². The number of benzene rings is 1. The Morgan fingerprint density at radius 3 is 2.59 bits per heavy atom. The van der Waals surface area contributed by atoms with Crippen molar-refractivity contribution in [3.63, 3.8) is 0 Å². The number of anilines is 1. The largest absolute Gasteiger partial charge is 0.573 e. The zero-order chi connectivity index (χ0) is 19.8. The molecular formula is C17H16BrF3N2O3S. The lowest BCUT2D eigenvalue weighted by Gasteiger charge is -2.25. The lowest BCUT2D eigenvalue weighted by Crippen LogP contribution is -2.30. The Kier molecular flexibility index (Phi) is 5.40. The first-order valence-electron chi connectivity index (χ1n) is 8.00. The van der Waals surface area contributed by atoms with E-state index >= 15 is 0 Å². The number of aromatic nitrogens is 1. The van der Waals surface area contributed by atoms with Gasteiger partial charge < -0.3 is 4.74 Å². The van der Waals surface area contributed by atoms with Gasteiger partial charge in [-0.1, -0.05) is 6.07 Å². The Morgan fingerprint density at radius 2 is 2.00 bits per heavy atom. The predicted octanol–water partition coefficient (Wildman–Crippen LogP) is 4.59. The molecule has 2 aromatic rings. The van der Waals surface area contributed by atoms with E-state index in [9.17, 15) is 21.6 Å². The fourth-order valence-electron chi connectivity index (χ4n) is 2.74. The number of hydrogen-bond donors (Lipinski definition) is 0. The second-order valence-electron chi connectivity index (χ2n) is 6.29. The second kappa shape index (κ2) is 7.31. The van der Waals surface area contributed by atoms with Crippen molar-refractivity contribution in [2.45, 2.75) is 31.7 Å². The molecule has 1 heterocycles. The van der Waals surface area contributed by atoms with E-state index in [0.717, 1.165) is 29.0 Å². The standard InChI is InChI=1S/C17H16BrF3N2O3S/c1-27(24,25)23(15-9-22-7-6-13(15)12-3-4-12)10-11-2-5-14(18)16(8-11)26-17(19,20)21/h2,5-9,12H,3-4,10H2,1H3. The van der Waals surface area contributed by atoms with Gasteiger partial charge in [0, 0.05) is 6.20 Å². The lowest BCUT2D eigenvalue weighted by atomic mass is 10.1. The fourth-order valence-corrected chi connectivity index (χ4v) is 3.96. The summed E-state index contributed by atoms with van der Waals surface area (Å²) in [5.41, 5.74) is 1.68. The number of nitrogens with zero attached hydrogens (tertiary/aromatic N) is 2. The van der Waals surface area contributed by atoms with Crippen molar-refractivity contribution in [2.24, 2.45) is 0 Å². The second-order valence-corrected chi connectivity index (χ2v) is 9.05. The van der Waals surface area contributed by atoms with E-state index in [2.05, 4.69) is 25.7 Å². The number of sulfonamides is 1. The predicted molar refractivity (Wildman–Crippen MR) is 98.1 cm³/mol. The summed E-state index contributed by atoms with van der Waals surface area (Å²) in [7, 11) is -3.68. The van der Waals surface area contributed by atoms with Crippen molar-refractivity contribution >= 4 is 31.6 Å². The van der Waals surface area contributed by atoms with Crippen molar-refractivity contribution in [1.82, 2.24) is 4.98 Å². The van der Waals surface area contributed by atoms with Crippen LogP contribution in [-0.4, -0.2) is 26.0 Å². The first kappa shape index (κ1) is 19.9. The molecule has 1 aromatic heterocycles. The summed E-state index contributed by atoms with van der Waals surface area (Å²) in [6.45, 7) is -0.133. The molecule has 10 heteroatoms. The zero-order valence-corrected chi connectivity index (χ0v) is 16.6. The average molecular weight is 465 g/mol. The van der Waals surface area contributed by atoms with Gasteiger partial charge in [-0.05, 0) is 64.0 Å². The molecule has 1 aromatic carbocycles. The third-order valence-corrected chi connectivity index (χ3v) is 5.85. The summed E-state index contributed by atoms with van der Waals surface area (Å²) >= 11 is 3.01. The van der Waals surface area contributed by atoms with Gasteiger partial charge in [-0.2, -0.15) is 0 Å². The number of alkyl halides is 3. The molecule has 0 bridgehead atoms. The Morgan fingerprint density at radius 1 is 1.30 bits per heavy atom. The van der Waals surface area contributed by atoms with E-state index in [1.54, 1.807) is 18.3 Å². The van der Waals surface area contributed by atoms with Gasteiger partial charge in [0.15, 0.2) is 0 Å². The summed E-state index contributed by atoms with van der Waals surface area (Å²) in [6, 6.07) is 5.88. The van der Waals surface area contributed by atoms with Crippen LogP contribution in [-0.2, 0) is 16.6 Å². The Hall–Kier alpha value is -1.81. The van der Waals surface area contributed by atoms with Crippen LogP contribution in [0.15, 0.2) is 41.1 Å². The normalized spacial score (nSPS) is 14.9. The topological polar surface area (TPSA) is 59.5 Å². The van der Waals surface area contributed by atoms with E-state index in [-0.39, 0.29) is 16.9 Å². The maximum Gasteiger partial charge on any atom is 0.573 e. The Bertz CT molecular complexity index is 947. The molecule has 27 heavy (non-hydrogen) atoms. The quantitative estimate of drug-likeness (QED) is 0.627. The third kappa shape index (κ3) is 5.13. The summed E-state index contributed by atoms with van der Waals surface area (Å²) in [6.07, 6.45) is 1.23. The molecule has 5 nitrogen and oxygen atoms in total. The van der Waals surface area contributed by atoms with E-state index in [1.807, 2.05) is 0 Å². The number of ether oxygens (including phenoxy) is 1. The molecule has 146 valence electrons. The molecule has 1 aliphatic carbocycles. The van der Waals surface area contributed by atoms with E-state index in [0.29, 0.717) is 11.3 Å². The van der Waals surface area contributed by atoms with E-state index < -0.39 is 22.1 Å². The number of pyridine rings is 1. The van der Waals surface area contributed by atoms with Crippen LogP contribution in [0, 0.1) is 0 Å². The summed E-state index contributed by atoms with van der Waals surface area (Å²) in [4.78, 5) is 4.02. The van der Waals surface area contributed by atoms with Crippen molar-refractivity contribution < 1.29 is 26.3 Å². The summed E-state index contributed by atoms with van der Waals surface area (Å²) in [5, 5.41) is 0. The molecule has 0 saturated heterocycles. The molecular weight excluding hydrogens is 449 g/mol. The molecule has 0 unspecified atom stereocenters. The monoisotopic (exact) mass is 464 g/mol. The molecule has 0 spiro atoms. The van der Waals surface area contributed by atoms with Gasteiger partial charge in [-0.15, -0.1) is 13.2 Å². The SMILES string of the molecule is CS(=O)(=O)N(Cc1ccc(Br)c(OC(F)(F)F)c1)c1cnccc1C1CC1. The molecule has 0 atom stereocenters. The minimum absolute atomic E-state index is 0.120. The van der Waals surface area contributed by atoms with Crippen LogP contribution < -0.4 is 9.04 Å². The highest BCUT2D eigenvalue weighted by Gasteiger charge is 2.33. The maximum absolute atomic E-state index is 12.6. The Labute approximate surface area is 163 Å². The molecule has 0 N–H and O–H groups in total. The van der Waals surface area contributed by atoms with Gasteiger partial charge in [0.1, 0.15) is 5.75 Å². The first-order valence-corrected chi connectivity index (χ1v) is 10.6. The van der Waals surface area contributed by atoms with Crippen molar-refractivity contribution in [3.05, 3.63) is 52.3 Å². The molecule has 0 amide bonds. The highest BCUT2D eigenvalue weighted by molar-refractivity contribution is 9.10. The minimum Gasteiger partial charge on any atom is -0.405 e. The van der Waals surface area contributed by atoms with Gasteiger partial charge >= 0.3 is 6.36 Å². The Balaban J connectivity index is 1.97. The van der Waals surface area contributed by atoms with E-state index in [4.69, 9.17) is 0 Å². The van der Waals surface area contributed by atoms with Crippen molar-refractivity contribution in [3.8, 4) is 5.75 Å². The van der Waals surface area contributed by atoms with Crippen LogP contribution in [0.5, 0.6) is 5.75 Å². The van der Waals surface area contributed by atoms with Crippen LogP contribution in [0.1, 0.15) is 29.9 Å². The maximum atomic E-state index is 12.6. The van der Waals surface area contributed by atoms with Crippen LogP contribution in [0.3, 0.4) is 0 Å². The van der Waals surface area contributed by atoms with Gasteiger partial charge in [0.05, 0.1) is 29.2 Å². The highest BCUT2D eigenvalue weighted by atomic mass is 79.9. The van der Waals surface area contributed by atoms with Gasteiger partial charge in [-0.3, -0.25) is 9.29 Å². The smallest absolute Gasteiger partial charge is 0.405 e. The molecule has 1 aliphatic rings. The first-order chi connectivity index (χ1) is 12.5. The van der Waals surface area contributed by atoms with E-state index in [1.165, 1.54) is 18.3 Å². The number of rotatable bonds is 6. The molecule has 3 rings (SSSR count). The molecule has 0 radical (unpaired) electrons. The summed E-state index contributed by atoms with van der Waals surface area (Å²) in [5.74, 6) is -0.150. The lowest BCUT2D eigenvalue weighted by molar-refractivity contribution is -0.274. The zero-order valence-electron chi connectivity index (χ0n) is 14.2. The van der Waals surface area contributed by atoms with Crippen LogP contribution in [0.2, 0.25) is 0 Å². The average Bonchev–Trinajstić information content (AvgIpc) is 3.38. The van der Waals surface area contributed by atoms with Crippen LogP contribution >= 0.6 is 15.9 Å².